The van der Waals surface area contributed by atoms with E-state index in [1.54, 1.807) is 65.8 Å². The quantitative estimate of drug-likeness (QED) is 0.325. The zero-order valence-corrected chi connectivity index (χ0v) is 19.4. The SMILES string of the molecule is O=C(NCc1cn(-c2ccc(-n3ccccc3=O)cc2OC[C@H](O)CO)cn1)c1ccc(Cl)s1. The lowest BCUT2D eigenvalue weighted by Crippen LogP contribution is -2.22. The van der Waals surface area contributed by atoms with Crippen molar-refractivity contribution in [2.45, 2.75) is 12.6 Å². The topological polar surface area (TPSA) is 119 Å². The average Bonchev–Trinajstić information content (AvgIpc) is 3.50. The molecule has 3 aromatic heterocycles. The fourth-order valence-electron chi connectivity index (χ4n) is 3.14. The van der Waals surface area contributed by atoms with Gasteiger partial charge in [0.15, 0.2) is 0 Å². The van der Waals surface area contributed by atoms with Crippen molar-refractivity contribution in [1.82, 2.24) is 19.4 Å². The summed E-state index contributed by atoms with van der Waals surface area (Å²) in [6.07, 6.45) is 3.89. The largest absolute Gasteiger partial charge is 0.489 e. The first-order valence-corrected chi connectivity index (χ1v) is 11.4. The van der Waals surface area contributed by atoms with Crippen LogP contribution in [0.1, 0.15) is 15.4 Å². The molecule has 1 amide bonds. The summed E-state index contributed by atoms with van der Waals surface area (Å²) in [5.74, 6) is 0.132. The first-order chi connectivity index (χ1) is 16.4. The second kappa shape index (κ2) is 10.7. The Labute approximate surface area is 203 Å². The molecule has 0 radical (unpaired) electrons. The molecule has 0 unspecified atom stereocenters. The van der Waals surface area contributed by atoms with Gasteiger partial charge in [-0.2, -0.15) is 0 Å². The third-order valence-corrected chi connectivity index (χ3v) is 6.06. The lowest BCUT2D eigenvalue weighted by atomic mass is 10.2. The van der Waals surface area contributed by atoms with Crippen LogP contribution in [-0.2, 0) is 6.54 Å². The zero-order chi connectivity index (χ0) is 24.1. The van der Waals surface area contributed by atoms with E-state index in [-0.39, 0.29) is 24.6 Å². The maximum Gasteiger partial charge on any atom is 0.261 e. The zero-order valence-electron chi connectivity index (χ0n) is 17.8. The van der Waals surface area contributed by atoms with Crippen LogP contribution in [0.4, 0.5) is 0 Å². The molecule has 1 aromatic carbocycles. The molecule has 4 rings (SSSR count). The number of aliphatic hydroxyl groups is 2. The number of rotatable bonds is 9. The highest BCUT2D eigenvalue weighted by atomic mass is 35.5. The maximum absolute atomic E-state index is 12.3. The van der Waals surface area contributed by atoms with Crippen LogP contribution in [0.15, 0.2) is 72.0 Å². The van der Waals surface area contributed by atoms with Crippen molar-refractivity contribution in [2.75, 3.05) is 13.2 Å². The molecule has 4 aromatic rings. The van der Waals surface area contributed by atoms with Gasteiger partial charge in [0.1, 0.15) is 18.5 Å². The number of carbonyl (C=O) groups is 1. The number of carbonyl (C=O) groups excluding carboxylic acids is 1. The summed E-state index contributed by atoms with van der Waals surface area (Å²) in [6, 6.07) is 13.4. The van der Waals surface area contributed by atoms with E-state index in [9.17, 15) is 14.7 Å². The molecule has 0 aliphatic rings. The van der Waals surface area contributed by atoms with E-state index in [1.807, 2.05) is 0 Å². The molecule has 0 saturated heterocycles. The fourth-order valence-corrected chi connectivity index (χ4v) is 4.10. The second-order valence-electron chi connectivity index (χ2n) is 7.27. The number of amides is 1. The molecule has 0 aliphatic heterocycles. The van der Waals surface area contributed by atoms with E-state index in [4.69, 9.17) is 21.4 Å². The second-order valence-corrected chi connectivity index (χ2v) is 8.98. The number of imidazole rings is 1. The maximum atomic E-state index is 12.3. The van der Waals surface area contributed by atoms with E-state index in [2.05, 4.69) is 10.3 Å². The number of aromatic nitrogens is 3. The molecule has 0 aliphatic carbocycles. The number of nitrogens with zero attached hydrogens (tertiary/aromatic N) is 3. The van der Waals surface area contributed by atoms with Crippen LogP contribution in [0, 0.1) is 0 Å². The standard InChI is InChI=1S/C23H21ClN4O5S/c24-21-7-6-20(34-21)23(32)25-10-15-11-27(14-26-15)18-5-4-16(28-8-2-1-3-22(28)31)9-19(18)33-13-17(30)12-29/h1-9,11,14,17,29-30H,10,12-13H2,(H,25,32)/t17-/m1/s1. The van der Waals surface area contributed by atoms with Gasteiger partial charge < -0.3 is 24.8 Å². The van der Waals surface area contributed by atoms with Crippen LogP contribution < -0.4 is 15.6 Å². The van der Waals surface area contributed by atoms with Gasteiger partial charge in [0.2, 0.25) is 0 Å². The fraction of sp³-hybridized carbons (Fsp3) is 0.174. The number of ether oxygens (including phenoxy) is 1. The smallest absolute Gasteiger partial charge is 0.261 e. The molecule has 0 bridgehead atoms. The van der Waals surface area contributed by atoms with Gasteiger partial charge in [-0.05, 0) is 30.3 Å². The van der Waals surface area contributed by atoms with Gasteiger partial charge >= 0.3 is 0 Å². The monoisotopic (exact) mass is 500 g/mol. The molecule has 9 nitrogen and oxygen atoms in total. The minimum absolute atomic E-state index is 0.141. The van der Waals surface area contributed by atoms with Gasteiger partial charge in [0.05, 0.1) is 45.8 Å². The minimum Gasteiger partial charge on any atom is -0.489 e. The summed E-state index contributed by atoms with van der Waals surface area (Å²) in [4.78, 5) is 29.3. The molecule has 3 heterocycles. The van der Waals surface area contributed by atoms with Crippen LogP contribution in [0.3, 0.4) is 0 Å². The lowest BCUT2D eigenvalue weighted by molar-refractivity contribution is 0.0536. The first kappa shape index (κ1) is 23.7. The first-order valence-electron chi connectivity index (χ1n) is 10.2. The van der Waals surface area contributed by atoms with Gasteiger partial charge in [-0.3, -0.25) is 14.2 Å². The Kier molecular flexibility index (Phi) is 7.43. The normalized spacial score (nSPS) is 11.9. The number of nitrogens with one attached hydrogen (secondary N) is 1. The summed E-state index contributed by atoms with van der Waals surface area (Å²) in [6.45, 7) is -0.382. The molecule has 176 valence electrons. The highest BCUT2D eigenvalue weighted by Gasteiger charge is 2.14. The Bertz CT molecular complexity index is 1350. The number of hydrogen-bond acceptors (Lipinski definition) is 7. The highest BCUT2D eigenvalue weighted by Crippen LogP contribution is 2.27. The number of pyridine rings is 1. The number of aliphatic hydroxyl groups excluding tert-OH is 2. The Morgan fingerprint density at radius 3 is 2.82 bits per heavy atom. The summed E-state index contributed by atoms with van der Waals surface area (Å²) in [5, 5.41) is 21.7. The Balaban J connectivity index is 1.57. The number of hydrogen-bond donors (Lipinski definition) is 3. The molecule has 0 fully saturated rings. The molecule has 3 N–H and O–H groups in total. The van der Waals surface area contributed by atoms with Crippen molar-refractivity contribution in [3.8, 4) is 17.1 Å². The van der Waals surface area contributed by atoms with Crippen LogP contribution in [0.2, 0.25) is 4.34 Å². The van der Waals surface area contributed by atoms with Gasteiger partial charge in [-0.1, -0.05) is 17.7 Å². The highest BCUT2D eigenvalue weighted by molar-refractivity contribution is 7.17. The van der Waals surface area contributed by atoms with Crippen molar-refractivity contribution in [1.29, 1.82) is 0 Å². The summed E-state index contributed by atoms with van der Waals surface area (Å²) in [5.41, 5.74) is 1.59. The van der Waals surface area contributed by atoms with Crippen molar-refractivity contribution >= 4 is 28.8 Å². The van der Waals surface area contributed by atoms with Crippen LogP contribution in [0.25, 0.3) is 11.4 Å². The number of halogens is 1. The van der Waals surface area contributed by atoms with E-state index >= 15 is 0 Å². The summed E-state index contributed by atoms with van der Waals surface area (Å²) < 4.78 is 9.47. The molecule has 11 heteroatoms. The molecule has 1 atom stereocenters. The van der Waals surface area contributed by atoms with Crippen LogP contribution in [0.5, 0.6) is 5.75 Å². The molecule has 34 heavy (non-hydrogen) atoms. The average molecular weight is 501 g/mol. The molecular weight excluding hydrogens is 480 g/mol. The third kappa shape index (κ3) is 5.54. The van der Waals surface area contributed by atoms with Gasteiger partial charge in [-0.15, -0.1) is 11.3 Å². The molecular formula is C23H21ClN4O5S. The van der Waals surface area contributed by atoms with Crippen LogP contribution in [-0.4, -0.2) is 49.6 Å². The predicted molar refractivity (Wildman–Crippen MR) is 128 cm³/mol. The predicted octanol–water partition coefficient (Wildman–Crippen LogP) is 2.40. The van der Waals surface area contributed by atoms with E-state index in [0.717, 1.165) is 0 Å². The van der Waals surface area contributed by atoms with E-state index < -0.39 is 12.7 Å². The van der Waals surface area contributed by atoms with Gasteiger partial charge in [-0.25, -0.2) is 4.98 Å². The minimum atomic E-state index is -1.06. The third-order valence-electron chi connectivity index (χ3n) is 4.83. The van der Waals surface area contributed by atoms with E-state index in [0.29, 0.717) is 32.0 Å². The number of benzene rings is 1. The van der Waals surface area contributed by atoms with Crippen molar-refractivity contribution in [3.63, 3.8) is 0 Å². The van der Waals surface area contributed by atoms with Crippen molar-refractivity contribution < 1.29 is 19.7 Å². The van der Waals surface area contributed by atoms with Crippen molar-refractivity contribution in [3.05, 3.63) is 92.5 Å². The molecule has 0 saturated carbocycles. The Morgan fingerprint density at radius 1 is 1.24 bits per heavy atom. The van der Waals surface area contributed by atoms with Gasteiger partial charge in [0, 0.05) is 24.5 Å². The Morgan fingerprint density at radius 2 is 2.09 bits per heavy atom. The summed E-state index contributed by atoms with van der Waals surface area (Å²) in [7, 11) is 0. The van der Waals surface area contributed by atoms with Gasteiger partial charge in [0.25, 0.3) is 11.5 Å². The molecule has 0 spiro atoms. The van der Waals surface area contributed by atoms with Crippen molar-refractivity contribution in [2.24, 2.45) is 0 Å². The van der Waals surface area contributed by atoms with Crippen LogP contribution >= 0.6 is 22.9 Å². The summed E-state index contributed by atoms with van der Waals surface area (Å²) >= 11 is 7.08. The Hall–Kier alpha value is -3.44. The van der Waals surface area contributed by atoms with E-state index in [1.165, 1.54) is 22.0 Å². The number of thiophene rings is 1. The lowest BCUT2D eigenvalue weighted by Gasteiger charge is -2.16.